The van der Waals surface area contributed by atoms with Gasteiger partial charge in [0.15, 0.2) is 11.0 Å². The Bertz CT molecular complexity index is 1020. The number of hydrogen-bond donors (Lipinski definition) is 1. The highest BCUT2D eigenvalue weighted by Crippen LogP contribution is 2.30. The number of nitrogens with one attached hydrogen (secondary N) is 1. The Hall–Kier alpha value is -2.23. The molecule has 2 aromatic carbocycles. The van der Waals surface area contributed by atoms with Crippen molar-refractivity contribution in [3.63, 3.8) is 0 Å². The van der Waals surface area contributed by atoms with Crippen molar-refractivity contribution in [3.05, 3.63) is 64.6 Å². The van der Waals surface area contributed by atoms with Crippen molar-refractivity contribution in [1.29, 1.82) is 0 Å². The van der Waals surface area contributed by atoms with Gasteiger partial charge < -0.3 is 5.32 Å². The molecule has 9 heteroatoms. The topological polar surface area (TPSA) is 63.1 Å². The van der Waals surface area contributed by atoms with Crippen LogP contribution in [0.4, 0.5) is 10.1 Å². The van der Waals surface area contributed by atoms with Crippen molar-refractivity contribution >= 4 is 39.3 Å². The van der Waals surface area contributed by atoms with E-state index in [2.05, 4.69) is 31.4 Å². The van der Waals surface area contributed by atoms with Crippen LogP contribution >= 0.6 is 27.7 Å². The molecule has 0 spiro atoms. The number of carbonyl (C=O) groups is 1. The summed E-state index contributed by atoms with van der Waals surface area (Å²) in [7, 11) is 3.91. The third-order valence-electron chi connectivity index (χ3n) is 4.64. The van der Waals surface area contributed by atoms with Gasteiger partial charge >= 0.3 is 0 Å². The minimum absolute atomic E-state index is 0.0253. The number of hydrogen-bond acceptors (Lipinski definition) is 5. The summed E-state index contributed by atoms with van der Waals surface area (Å²) in [6, 6.07) is 13.6. The molecular weight excluding hydrogens is 469 g/mol. The number of amides is 1. The molecule has 0 fully saturated rings. The van der Waals surface area contributed by atoms with Gasteiger partial charge in [0.25, 0.3) is 0 Å². The Balaban J connectivity index is 1.87. The predicted molar refractivity (Wildman–Crippen MR) is 122 cm³/mol. The van der Waals surface area contributed by atoms with E-state index in [1.54, 1.807) is 12.1 Å². The minimum atomic E-state index is -0.421. The first kappa shape index (κ1) is 22.5. The Morgan fingerprint density at radius 1 is 1.17 bits per heavy atom. The van der Waals surface area contributed by atoms with E-state index in [4.69, 9.17) is 0 Å². The second kappa shape index (κ2) is 9.72. The lowest BCUT2D eigenvalue weighted by Crippen LogP contribution is -2.23. The second-order valence-corrected chi connectivity index (χ2v) is 9.28. The SMILES string of the molecule is C[C@@H](Sc1nnc([C@H](C)N(C)C)n1-c1ccc(F)cc1)C(=O)Nc1cccc(Br)c1. The number of aromatic nitrogens is 3. The van der Waals surface area contributed by atoms with Crippen molar-refractivity contribution in [2.24, 2.45) is 0 Å². The highest BCUT2D eigenvalue weighted by molar-refractivity contribution is 9.10. The van der Waals surface area contributed by atoms with Gasteiger partial charge in [0, 0.05) is 15.8 Å². The second-order valence-electron chi connectivity index (χ2n) is 7.05. The average molecular weight is 492 g/mol. The van der Waals surface area contributed by atoms with Gasteiger partial charge in [-0.15, -0.1) is 10.2 Å². The molecule has 0 unspecified atom stereocenters. The number of carbonyl (C=O) groups excluding carboxylic acids is 1. The van der Waals surface area contributed by atoms with Gasteiger partial charge in [-0.1, -0.05) is 33.8 Å². The van der Waals surface area contributed by atoms with E-state index in [0.29, 0.717) is 16.7 Å². The molecule has 0 aliphatic carbocycles. The molecule has 3 rings (SSSR count). The lowest BCUT2D eigenvalue weighted by molar-refractivity contribution is -0.115. The molecule has 6 nitrogen and oxygen atoms in total. The van der Waals surface area contributed by atoms with E-state index in [-0.39, 0.29) is 17.8 Å². The Kier molecular flexibility index (Phi) is 7.27. The molecule has 0 saturated heterocycles. The van der Waals surface area contributed by atoms with Gasteiger partial charge in [-0.05, 0) is 70.4 Å². The summed E-state index contributed by atoms with van der Waals surface area (Å²) in [5.41, 5.74) is 1.45. The van der Waals surface area contributed by atoms with Crippen LogP contribution in [-0.4, -0.2) is 44.9 Å². The van der Waals surface area contributed by atoms with E-state index in [0.717, 1.165) is 10.2 Å². The smallest absolute Gasteiger partial charge is 0.237 e. The molecule has 2 atom stereocenters. The van der Waals surface area contributed by atoms with E-state index in [9.17, 15) is 9.18 Å². The third-order valence-corrected chi connectivity index (χ3v) is 6.17. The number of thioether (sulfide) groups is 1. The fourth-order valence-corrected chi connectivity index (χ4v) is 3.99. The van der Waals surface area contributed by atoms with Gasteiger partial charge in [-0.3, -0.25) is 14.3 Å². The van der Waals surface area contributed by atoms with E-state index < -0.39 is 5.25 Å². The number of halogens is 2. The van der Waals surface area contributed by atoms with Crippen molar-refractivity contribution in [2.45, 2.75) is 30.3 Å². The van der Waals surface area contributed by atoms with Crippen molar-refractivity contribution < 1.29 is 9.18 Å². The maximum absolute atomic E-state index is 13.5. The van der Waals surface area contributed by atoms with E-state index in [1.807, 2.05) is 61.7 Å². The van der Waals surface area contributed by atoms with Crippen LogP contribution in [0, 0.1) is 5.82 Å². The normalized spacial score (nSPS) is 13.3. The molecule has 0 saturated carbocycles. The molecule has 158 valence electrons. The fourth-order valence-electron chi connectivity index (χ4n) is 2.71. The maximum atomic E-state index is 13.5. The van der Waals surface area contributed by atoms with Crippen LogP contribution in [0.25, 0.3) is 5.69 Å². The lowest BCUT2D eigenvalue weighted by Gasteiger charge is -2.21. The van der Waals surface area contributed by atoms with Gasteiger partial charge in [-0.2, -0.15) is 0 Å². The summed E-state index contributed by atoms with van der Waals surface area (Å²) in [6.07, 6.45) is 0. The molecule has 0 aliphatic heterocycles. The monoisotopic (exact) mass is 491 g/mol. The van der Waals surface area contributed by atoms with Gasteiger partial charge in [0.2, 0.25) is 5.91 Å². The van der Waals surface area contributed by atoms with Crippen molar-refractivity contribution in [2.75, 3.05) is 19.4 Å². The Morgan fingerprint density at radius 2 is 1.87 bits per heavy atom. The van der Waals surface area contributed by atoms with Gasteiger partial charge in [0.05, 0.1) is 11.3 Å². The van der Waals surface area contributed by atoms with Crippen LogP contribution < -0.4 is 5.32 Å². The highest BCUT2D eigenvalue weighted by atomic mass is 79.9. The molecule has 3 aromatic rings. The van der Waals surface area contributed by atoms with Crippen LogP contribution in [0.2, 0.25) is 0 Å². The summed E-state index contributed by atoms with van der Waals surface area (Å²) in [5.74, 6) is 0.257. The van der Waals surface area contributed by atoms with E-state index in [1.165, 1.54) is 23.9 Å². The zero-order valence-electron chi connectivity index (χ0n) is 17.1. The number of rotatable bonds is 7. The van der Waals surface area contributed by atoms with Crippen LogP contribution in [0.5, 0.6) is 0 Å². The van der Waals surface area contributed by atoms with Gasteiger partial charge in [0.1, 0.15) is 5.82 Å². The van der Waals surface area contributed by atoms with Crippen LogP contribution in [0.15, 0.2) is 58.2 Å². The number of benzene rings is 2. The summed E-state index contributed by atoms with van der Waals surface area (Å²) < 4.78 is 16.2. The van der Waals surface area contributed by atoms with Crippen LogP contribution in [-0.2, 0) is 4.79 Å². The van der Waals surface area contributed by atoms with Crippen LogP contribution in [0.3, 0.4) is 0 Å². The van der Waals surface area contributed by atoms with Crippen molar-refractivity contribution in [3.8, 4) is 5.69 Å². The fraction of sp³-hybridized carbons (Fsp3) is 0.286. The molecule has 0 aliphatic rings. The van der Waals surface area contributed by atoms with Gasteiger partial charge in [-0.25, -0.2) is 4.39 Å². The zero-order chi connectivity index (χ0) is 21.8. The quantitative estimate of drug-likeness (QED) is 0.475. The standard InChI is InChI=1S/C21H23BrFN5OS/c1-13(27(3)4)19-25-26-21(28(19)18-10-8-16(23)9-11-18)30-14(2)20(29)24-17-7-5-6-15(22)12-17/h5-14H,1-4H3,(H,24,29)/t13-,14+/m0/s1. The minimum Gasteiger partial charge on any atom is -0.325 e. The maximum Gasteiger partial charge on any atom is 0.237 e. The summed E-state index contributed by atoms with van der Waals surface area (Å²) in [6.45, 7) is 3.83. The first-order valence-corrected chi connectivity index (χ1v) is 11.0. The summed E-state index contributed by atoms with van der Waals surface area (Å²) in [4.78, 5) is 14.7. The number of nitrogens with zero attached hydrogens (tertiary/aromatic N) is 4. The van der Waals surface area contributed by atoms with E-state index >= 15 is 0 Å². The van der Waals surface area contributed by atoms with Crippen LogP contribution in [0.1, 0.15) is 25.7 Å². The lowest BCUT2D eigenvalue weighted by atomic mass is 10.2. The molecule has 1 amide bonds. The zero-order valence-corrected chi connectivity index (χ0v) is 19.5. The predicted octanol–water partition coefficient (Wildman–Crippen LogP) is 4.91. The Morgan fingerprint density at radius 3 is 2.50 bits per heavy atom. The summed E-state index contributed by atoms with van der Waals surface area (Å²) in [5, 5.41) is 11.8. The molecular formula is C21H23BrFN5OS. The largest absolute Gasteiger partial charge is 0.325 e. The Labute approximate surface area is 188 Å². The third kappa shape index (κ3) is 5.27. The molecule has 0 bridgehead atoms. The van der Waals surface area contributed by atoms with Crippen molar-refractivity contribution in [1.82, 2.24) is 19.7 Å². The average Bonchev–Trinajstić information content (AvgIpc) is 3.11. The molecule has 1 heterocycles. The first-order valence-electron chi connectivity index (χ1n) is 9.37. The summed E-state index contributed by atoms with van der Waals surface area (Å²) >= 11 is 4.71. The molecule has 1 N–H and O–H groups in total. The molecule has 30 heavy (non-hydrogen) atoms. The molecule has 0 radical (unpaired) electrons. The number of anilines is 1. The highest BCUT2D eigenvalue weighted by Gasteiger charge is 2.24. The first-order chi connectivity index (χ1) is 14.3. The molecule has 1 aromatic heterocycles.